The fourth-order valence-electron chi connectivity index (χ4n) is 1.28. The zero-order valence-corrected chi connectivity index (χ0v) is 9.26. The fraction of sp³-hybridized carbons (Fsp3) is 0. The van der Waals surface area contributed by atoms with Gasteiger partial charge in [0.25, 0.3) is 0 Å². The first-order chi connectivity index (χ1) is 6.61. The second-order valence-corrected chi connectivity index (χ2v) is 4.49. The molecule has 0 aliphatic carbocycles. The van der Waals surface area contributed by atoms with Crippen molar-refractivity contribution in [1.82, 2.24) is 0 Å². The molecule has 0 fully saturated rings. The summed E-state index contributed by atoms with van der Waals surface area (Å²) in [5.74, 6) is 0. The molecule has 4 nitrogen and oxygen atoms in total. The Balaban J connectivity index is 2.89. The standard InChI is InChI=1S/C8H5BrN2O2S/c9-5-3-4-1-2-14-8(4)6(10)7(5)11(12)13/h1-3H,10H2. The van der Waals surface area contributed by atoms with Gasteiger partial charge >= 0.3 is 5.69 Å². The van der Waals surface area contributed by atoms with Crippen molar-refractivity contribution in [3.05, 3.63) is 32.1 Å². The monoisotopic (exact) mass is 272 g/mol. The van der Waals surface area contributed by atoms with Gasteiger partial charge in [-0.2, -0.15) is 0 Å². The lowest BCUT2D eigenvalue weighted by Gasteiger charge is -2.00. The molecule has 1 aromatic heterocycles. The van der Waals surface area contributed by atoms with Gasteiger partial charge in [0.05, 0.1) is 14.1 Å². The molecule has 14 heavy (non-hydrogen) atoms. The van der Waals surface area contributed by atoms with Crippen molar-refractivity contribution in [2.24, 2.45) is 0 Å². The third-order valence-electron chi connectivity index (χ3n) is 1.89. The normalized spacial score (nSPS) is 10.6. The van der Waals surface area contributed by atoms with E-state index >= 15 is 0 Å². The molecule has 2 rings (SSSR count). The van der Waals surface area contributed by atoms with Crippen LogP contribution in [0.1, 0.15) is 0 Å². The SMILES string of the molecule is Nc1c([N+](=O)[O-])c(Br)cc2ccsc12. The molecule has 2 N–H and O–H groups in total. The van der Waals surface area contributed by atoms with E-state index < -0.39 is 4.92 Å². The van der Waals surface area contributed by atoms with Gasteiger partial charge in [0.2, 0.25) is 0 Å². The van der Waals surface area contributed by atoms with Crippen LogP contribution in [-0.2, 0) is 0 Å². The number of nitrogen functional groups attached to an aromatic ring is 1. The molecule has 72 valence electrons. The van der Waals surface area contributed by atoms with E-state index in [0.29, 0.717) is 4.47 Å². The first-order valence-electron chi connectivity index (χ1n) is 3.71. The Labute approximate surface area is 91.6 Å². The van der Waals surface area contributed by atoms with Crippen LogP contribution in [0.2, 0.25) is 0 Å². The van der Waals surface area contributed by atoms with Crippen molar-refractivity contribution >= 4 is 48.7 Å². The molecule has 0 spiro atoms. The molecule has 0 atom stereocenters. The summed E-state index contributed by atoms with van der Waals surface area (Å²) in [5.41, 5.74) is 5.88. The first-order valence-corrected chi connectivity index (χ1v) is 5.38. The van der Waals surface area contributed by atoms with E-state index in [1.54, 1.807) is 6.07 Å². The smallest absolute Gasteiger partial charge is 0.307 e. The number of nitro groups is 1. The van der Waals surface area contributed by atoms with E-state index in [1.165, 1.54) is 11.3 Å². The summed E-state index contributed by atoms with van der Waals surface area (Å²) >= 11 is 4.54. The Kier molecular flexibility index (Phi) is 2.16. The molecule has 0 aliphatic rings. The highest BCUT2D eigenvalue weighted by Gasteiger charge is 2.19. The number of hydrogen-bond acceptors (Lipinski definition) is 4. The van der Waals surface area contributed by atoms with Crippen molar-refractivity contribution < 1.29 is 4.92 Å². The van der Waals surface area contributed by atoms with Crippen molar-refractivity contribution in [2.75, 3.05) is 5.73 Å². The number of benzene rings is 1. The third kappa shape index (κ3) is 1.27. The predicted octanol–water partition coefficient (Wildman–Crippen LogP) is 3.15. The summed E-state index contributed by atoms with van der Waals surface area (Å²) in [6.45, 7) is 0. The molecule has 1 heterocycles. The van der Waals surface area contributed by atoms with Gasteiger partial charge in [-0.1, -0.05) is 0 Å². The van der Waals surface area contributed by atoms with Crippen LogP contribution < -0.4 is 5.73 Å². The summed E-state index contributed by atoms with van der Waals surface area (Å²) in [6, 6.07) is 3.59. The van der Waals surface area contributed by atoms with Crippen molar-refractivity contribution in [2.45, 2.75) is 0 Å². The summed E-state index contributed by atoms with van der Waals surface area (Å²) < 4.78 is 1.19. The van der Waals surface area contributed by atoms with E-state index in [2.05, 4.69) is 15.9 Å². The topological polar surface area (TPSA) is 69.2 Å². The summed E-state index contributed by atoms with van der Waals surface area (Å²) in [7, 11) is 0. The highest BCUT2D eigenvalue weighted by atomic mass is 79.9. The summed E-state index contributed by atoms with van der Waals surface area (Å²) in [6.07, 6.45) is 0. The summed E-state index contributed by atoms with van der Waals surface area (Å²) in [4.78, 5) is 10.2. The minimum atomic E-state index is -0.474. The molecule has 6 heteroatoms. The largest absolute Gasteiger partial charge is 0.392 e. The van der Waals surface area contributed by atoms with E-state index in [9.17, 15) is 10.1 Å². The van der Waals surface area contributed by atoms with Gasteiger partial charge in [0, 0.05) is 0 Å². The third-order valence-corrected chi connectivity index (χ3v) is 3.45. The van der Waals surface area contributed by atoms with E-state index in [1.807, 2.05) is 11.4 Å². The number of nitro benzene ring substituents is 1. The van der Waals surface area contributed by atoms with Crippen LogP contribution >= 0.6 is 27.3 Å². The van der Waals surface area contributed by atoms with Crippen LogP contribution in [0.3, 0.4) is 0 Å². The Bertz CT molecular complexity index is 523. The number of rotatable bonds is 1. The average Bonchev–Trinajstić information content (AvgIpc) is 2.50. The van der Waals surface area contributed by atoms with Crippen LogP contribution in [0.4, 0.5) is 11.4 Å². The second kappa shape index (κ2) is 3.21. The maximum atomic E-state index is 10.7. The maximum absolute atomic E-state index is 10.7. The van der Waals surface area contributed by atoms with E-state index in [-0.39, 0.29) is 11.4 Å². The fourth-order valence-corrected chi connectivity index (χ4v) is 2.72. The maximum Gasteiger partial charge on any atom is 0.307 e. The lowest BCUT2D eigenvalue weighted by molar-refractivity contribution is -0.384. The zero-order chi connectivity index (χ0) is 10.3. The molecule has 0 unspecified atom stereocenters. The van der Waals surface area contributed by atoms with Crippen molar-refractivity contribution in [3.63, 3.8) is 0 Å². The molecule has 1 aromatic carbocycles. The zero-order valence-electron chi connectivity index (χ0n) is 6.86. The second-order valence-electron chi connectivity index (χ2n) is 2.72. The van der Waals surface area contributed by atoms with Crippen LogP contribution in [0, 0.1) is 10.1 Å². The van der Waals surface area contributed by atoms with Gasteiger partial charge in [-0.15, -0.1) is 11.3 Å². The number of thiophene rings is 1. The van der Waals surface area contributed by atoms with Gasteiger partial charge in [0.15, 0.2) is 0 Å². The Hall–Kier alpha value is -1.14. The van der Waals surface area contributed by atoms with Gasteiger partial charge < -0.3 is 5.73 Å². The lowest BCUT2D eigenvalue weighted by atomic mass is 10.2. The van der Waals surface area contributed by atoms with Gasteiger partial charge in [-0.3, -0.25) is 10.1 Å². The molecular formula is C8H5BrN2O2S. The van der Waals surface area contributed by atoms with E-state index in [0.717, 1.165) is 10.1 Å². The van der Waals surface area contributed by atoms with Gasteiger partial charge in [-0.05, 0) is 38.8 Å². The number of hydrogen-bond donors (Lipinski definition) is 1. The predicted molar refractivity (Wildman–Crippen MR) is 60.6 cm³/mol. The van der Waals surface area contributed by atoms with Crippen LogP contribution in [0.5, 0.6) is 0 Å². The van der Waals surface area contributed by atoms with Crippen molar-refractivity contribution in [1.29, 1.82) is 0 Å². The molecule has 0 saturated heterocycles. The molecule has 0 radical (unpaired) electrons. The molecule has 0 saturated carbocycles. The lowest BCUT2D eigenvalue weighted by Crippen LogP contribution is -1.96. The van der Waals surface area contributed by atoms with E-state index in [4.69, 9.17) is 5.73 Å². The van der Waals surface area contributed by atoms with Crippen LogP contribution in [-0.4, -0.2) is 4.92 Å². The molecule has 2 aromatic rings. The first kappa shape index (κ1) is 9.42. The minimum Gasteiger partial charge on any atom is -0.392 e. The van der Waals surface area contributed by atoms with Crippen LogP contribution in [0.25, 0.3) is 10.1 Å². The Morgan fingerprint density at radius 1 is 1.57 bits per heavy atom. The minimum absolute atomic E-state index is 0.0556. The highest BCUT2D eigenvalue weighted by Crippen LogP contribution is 2.39. The van der Waals surface area contributed by atoms with Gasteiger partial charge in [-0.25, -0.2) is 0 Å². The molecular weight excluding hydrogens is 268 g/mol. The average molecular weight is 273 g/mol. The quantitative estimate of drug-likeness (QED) is 0.493. The number of halogens is 1. The molecule has 0 aliphatic heterocycles. The molecule has 0 amide bonds. The highest BCUT2D eigenvalue weighted by molar-refractivity contribution is 9.10. The number of fused-ring (bicyclic) bond motifs is 1. The van der Waals surface area contributed by atoms with Crippen LogP contribution in [0.15, 0.2) is 22.0 Å². The number of nitrogens with zero attached hydrogens (tertiary/aromatic N) is 1. The summed E-state index contributed by atoms with van der Waals surface area (Å²) in [5, 5.41) is 13.5. The van der Waals surface area contributed by atoms with Gasteiger partial charge in [0.1, 0.15) is 5.69 Å². The number of nitrogens with two attached hydrogens (primary N) is 1. The Morgan fingerprint density at radius 2 is 2.29 bits per heavy atom. The van der Waals surface area contributed by atoms with Crippen molar-refractivity contribution in [3.8, 4) is 0 Å². The Morgan fingerprint density at radius 3 is 2.93 bits per heavy atom. The molecule has 0 bridgehead atoms. The number of anilines is 1.